The average molecular weight is 324 g/mol. The lowest BCUT2D eigenvalue weighted by Gasteiger charge is -2.03. The number of aromatic amines is 1. The van der Waals surface area contributed by atoms with E-state index in [4.69, 9.17) is 0 Å². The summed E-state index contributed by atoms with van der Waals surface area (Å²) in [6.45, 7) is 1.98. The van der Waals surface area contributed by atoms with Crippen LogP contribution < -0.4 is 5.32 Å². The topological polar surface area (TPSA) is 70.7 Å². The number of aryl methyl sites for hydroxylation is 1. The lowest BCUT2D eigenvalue weighted by Crippen LogP contribution is -2.15. The highest BCUT2D eigenvalue weighted by atomic mass is 19.1. The zero-order valence-corrected chi connectivity index (χ0v) is 13.2. The van der Waals surface area contributed by atoms with E-state index in [2.05, 4.69) is 20.5 Å². The van der Waals surface area contributed by atoms with Gasteiger partial charge < -0.3 is 5.32 Å². The van der Waals surface area contributed by atoms with Gasteiger partial charge in [-0.2, -0.15) is 5.10 Å². The highest BCUT2D eigenvalue weighted by molar-refractivity contribution is 5.91. The van der Waals surface area contributed by atoms with Gasteiger partial charge in [0.05, 0.1) is 6.42 Å². The van der Waals surface area contributed by atoms with Gasteiger partial charge in [-0.25, -0.2) is 9.37 Å². The Bertz CT molecular complexity index is 842. The van der Waals surface area contributed by atoms with E-state index >= 15 is 0 Å². The van der Waals surface area contributed by atoms with Gasteiger partial charge in [-0.3, -0.25) is 9.89 Å². The number of nitrogens with one attached hydrogen (secondary N) is 2. The van der Waals surface area contributed by atoms with E-state index in [0.29, 0.717) is 23.6 Å². The molecule has 0 atom stereocenters. The molecule has 0 aliphatic heterocycles. The molecule has 0 aliphatic rings. The number of rotatable bonds is 5. The Morgan fingerprint density at radius 1 is 1.17 bits per heavy atom. The molecule has 0 fully saturated rings. The molecule has 1 heterocycles. The lowest BCUT2D eigenvalue weighted by molar-refractivity contribution is -0.115. The van der Waals surface area contributed by atoms with E-state index in [1.807, 2.05) is 31.2 Å². The minimum Gasteiger partial charge on any atom is -0.326 e. The molecule has 3 rings (SSSR count). The van der Waals surface area contributed by atoms with Crippen molar-refractivity contribution in [2.24, 2.45) is 0 Å². The summed E-state index contributed by atoms with van der Waals surface area (Å²) in [6.07, 6.45) is 0.362. The molecule has 0 saturated carbocycles. The van der Waals surface area contributed by atoms with Crippen molar-refractivity contribution in [3.8, 4) is 0 Å². The minimum atomic E-state index is -0.285. The van der Waals surface area contributed by atoms with Crippen LogP contribution in [0.2, 0.25) is 0 Å². The number of benzene rings is 2. The van der Waals surface area contributed by atoms with Crippen LogP contribution in [0.3, 0.4) is 0 Å². The highest BCUT2D eigenvalue weighted by Gasteiger charge is 2.11. The van der Waals surface area contributed by atoms with Crippen LogP contribution in [-0.4, -0.2) is 21.1 Å². The van der Waals surface area contributed by atoms with Gasteiger partial charge in [0.2, 0.25) is 5.91 Å². The number of hydrogen-bond acceptors (Lipinski definition) is 3. The molecule has 1 amide bonds. The second-order valence-corrected chi connectivity index (χ2v) is 5.56. The summed E-state index contributed by atoms with van der Waals surface area (Å²) >= 11 is 0. The molecule has 0 saturated heterocycles. The van der Waals surface area contributed by atoms with Crippen molar-refractivity contribution in [3.05, 3.63) is 77.1 Å². The molecule has 24 heavy (non-hydrogen) atoms. The molecule has 122 valence electrons. The molecular weight excluding hydrogens is 307 g/mol. The zero-order valence-electron chi connectivity index (χ0n) is 13.2. The van der Waals surface area contributed by atoms with E-state index in [9.17, 15) is 9.18 Å². The van der Waals surface area contributed by atoms with Gasteiger partial charge >= 0.3 is 0 Å². The number of carbonyl (C=O) groups is 1. The third kappa shape index (κ3) is 4.04. The van der Waals surface area contributed by atoms with E-state index in [-0.39, 0.29) is 18.1 Å². The molecule has 2 N–H and O–H groups in total. The molecule has 0 bridgehead atoms. The first-order valence-corrected chi connectivity index (χ1v) is 7.60. The summed E-state index contributed by atoms with van der Waals surface area (Å²) in [4.78, 5) is 16.3. The fourth-order valence-electron chi connectivity index (χ4n) is 2.30. The molecule has 2 aromatic carbocycles. The van der Waals surface area contributed by atoms with Gasteiger partial charge in [0.15, 0.2) is 5.82 Å². The number of hydrogen-bond donors (Lipinski definition) is 2. The van der Waals surface area contributed by atoms with Gasteiger partial charge in [0.25, 0.3) is 0 Å². The van der Waals surface area contributed by atoms with E-state index in [1.54, 1.807) is 18.2 Å². The first kappa shape index (κ1) is 15.9. The lowest BCUT2D eigenvalue weighted by atomic mass is 10.1. The van der Waals surface area contributed by atoms with Gasteiger partial charge in [-0.05, 0) is 30.7 Å². The van der Waals surface area contributed by atoms with Crippen molar-refractivity contribution in [1.29, 1.82) is 0 Å². The quantitative estimate of drug-likeness (QED) is 0.758. The Hall–Kier alpha value is -3.02. The summed E-state index contributed by atoms with van der Waals surface area (Å²) < 4.78 is 13.6. The van der Waals surface area contributed by atoms with Gasteiger partial charge in [0.1, 0.15) is 11.6 Å². The van der Waals surface area contributed by atoms with Crippen molar-refractivity contribution in [2.45, 2.75) is 19.8 Å². The summed E-state index contributed by atoms with van der Waals surface area (Å²) in [5, 5.41) is 9.56. The van der Waals surface area contributed by atoms with Crippen molar-refractivity contribution in [3.63, 3.8) is 0 Å². The maximum atomic E-state index is 13.6. The van der Waals surface area contributed by atoms with Crippen LogP contribution in [-0.2, 0) is 17.6 Å². The summed E-state index contributed by atoms with van der Waals surface area (Å²) in [7, 11) is 0. The Balaban J connectivity index is 1.60. The first-order chi connectivity index (χ1) is 11.6. The van der Waals surface area contributed by atoms with Crippen molar-refractivity contribution < 1.29 is 9.18 Å². The first-order valence-electron chi connectivity index (χ1n) is 7.60. The molecule has 3 aromatic rings. The fraction of sp³-hybridized carbons (Fsp3) is 0.167. The highest BCUT2D eigenvalue weighted by Crippen LogP contribution is 2.11. The van der Waals surface area contributed by atoms with Crippen LogP contribution in [0.25, 0.3) is 0 Å². The minimum absolute atomic E-state index is 0.0572. The van der Waals surface area contributed by atoms with E-state index in [0.717, 1.165) is 11.3 Å². The zero-order chi connectivity index (χ0) is 16.9. The molecule has 0 aliphatic carbocycles. The number of H-pyrrole nitrogens is 1. The van der Waals surface area contributed by atoms with Gasteiger partial charge in [0, 0.05) is 12.1 Å². The largest absolute Gasteiger partial charge is 0.326 e. The summed E-state index contributed by atoms with van der Waals surface area (Å²) in [5.74, 6) is 0.423. The van der Waals surface area contributed by atoms with E-state index in [1.165, 1.54) is 6.07 Å². The molecule has 1 aromatic heterocycles. The maximum absolute atomic E-state index is 13.6. The van der Waals surface area contributed by atoms with Crippen LogP contribution in [0.15, 0.2) is 48.5 Å². The number of amides is 1. The Kier molecular flexibility index (Phi) is 4.65. The van der Waals surface area contributed by atoms with Crippen LogP contribution in [0.4, 0.5) is 10.1 Å². The summed E-state index contributed by atoms with van der Waals surface area (Å²) in [5.41, 5.74) is 2.39. The van der Waals surface area contributed by atoms with Crippen molar-refractivity contribution in [1.82, 2.24) is 15.2 Å². The van der Waals surface area contributed by atoms with Crippen LogP contribution in [0, 0.1) is 12.7 Å². The monoisotopic (exact) mass is 324 g/mol. The SMILES string of the molecule is Cc1ccc(NC(=O)Cc2n[nH]c(Cc3ccccc3F)n2)cc1. The fourth-order valence-corrected chi connectivity index (χ4v) is 2.30. The van der Waals surface area contributed by atoms with Crippen molar-refractivity contribution >= 4 is 11.6 Å². The second-order valence-electron chi connectivity index (χ2n) is 5.56. The molecule has 0 spiro atoms. The standard InChI is InChI=1S/C18H17FN4O/c1-12-6-8-14(9-7-12)20-18(24)11-17-21-16(22-23-17)10-13-4-2-3-5-15(13)19/h2-9H,10-11H2,1H3,(H,20,24)(H,21,22,23). The number of nitrogens with zero attached hydrogens (tertiary/aromatic N) is 2. The second kappa shape index (κ2) is 7.04. The Labute approximate surface area is 138 Å². The summed E-state index contributed by atoms with van der Waals surface area (Å²) in [6, 6.07) is 14.0. The molecule has 6 heteroatoms. The van der Waals surface area contributed by atoms with E-state index < -0.39 is 0 Å². The third-order valence-electron chi connectivity index (χ3n) is 3.55. The maximum Gasteiger partial charge on any atom is 0.232 e. The van der Waals surface area contributed by atoms with Crippen LogP contribution in [0.5, 0.6) is 0 Å². The Morgan fingerprint density at radius 2 is 1.92 bits per heavy atom. The van der Waals surface area contributed by atoms with Gasteiger partial charge in [-0.15, -0.1) is 0 Å². The third-order valence-corrected chi connectivity index (χ3v) is 3.55. The predicted molar refractivity (Wildman–Crippen MR) is 89.1 cm³/mol. The number of carbonyl (C=O) groups excluding carboxylic acids is 1. The number of aromatic nitrogens is 3. The smallest absolute Gasteiger partial charge is 0.232 e. The van der Waals surface area contributed by atoms with Crippen LogP contribution in [0.1, 0.15) is 22.8 Å². The molecule has 0 unspecified atom stereocenters. The number of halogens is 1. The Morgan fingerprint density at radius 3 is 2.67 bits per heavy atom. The molecule has 5 nitrogen and oxygen atoms in total. The van der Waals surface area contributed by atoms with Gasteiger partial charge in [-0.1, -0.05) is 35.9 Å². The van der Waals surface area contributed by atoms with Crippen molar-refractivity contribution in [2.75, 3.05) is 5.32 Å². The molecular formula is C18H17FN4O. The normalized spacial score (nSPS) is 10.6. The number of anilines is 1. The van der Waals surface area contributed by atoms with Crippen LogP contribution >= 0.6 is 0 Å². The predicted octanol–water partition coefficient (Wildman–Crippen LogP) is 3.02. The molecule has 0 radical (unpaired) electrons. The average Bonchev–Trinajstić information content (AvgIpc) is 2.99.